The normalized spacial score (nSPS) is 11.6. The zero-order chi connectivity index (χ0) is 14.8. The third-order valence-corrected chi connectivity index (χ3v) is 4.89. The van der Waals surface area contributed by atoms with Gasteiger partial charge in [-0.15, -0.1) is 0 Å². The first-order valence-electron chi connectivity index (χ1n) is 5.37. The molecule has 6 nitrogen and oxygen atoms in total. The molecule has 0 bridgehead atoms. The van der Waals surface area contributed by atoms with Crippen molar-refractivity contribution in [3.05, 3.63) is 22.7 Å². The van der Waals surface area contributed by atoms with Gasteiger partial charge in [-0.1, -0.05) is 15.9 Å². The van der Waals surface area contributed by atoms with Crippen LogP contribution < -0.4 is 5.73 Å². The van der Waals surface area contributed by atoms with E-state index in [2.05, 4.69) is 15.9 Å². The number of likely N-dealkylation sites (N-methyl/N-ethyl adjacent to an activating group) is 2. The lowest BCUT2D eigenvalue weighted by Gasteiger charge is -2.20. The molecule has 0 saturated carbocycles. The fourth-order valence-corrected chi connectivity index (χ4v) is 2.93. The van der Waals surface area contributed by atoms with Gasteiger partial charge in [-0.05, 0) is 18.2 Å². The summed E-state index contributed by atoms with van der Waals surface area (Å²) in [4.78, 5) is 12.9. The number of sulfonamides is 1. The third kappa shape index (κ3) is 3.68. The lowest BCUT2D eigenvalue weighted by molar-refractivity contribution is -0.128. The van der Waals surface area contributed by atoms with Crippen LogP contribution in [0.15, 0.2) is 27.6 Å². The van der Waals surface area contributed by atoms with Gasteiger partial charge in [0, 0.05) is 25.6 Å². The van der Waals surface area contributed by atoms with E-state index in [-0.39, 0.29) is 23.0 Å². The molecule has 0 aromatic heterocycles. The van der Waals surface area contributed by atoms with Gasteiger partial charge in [0.25, 0.3) is 0 Å². The van der Waals surface area contributed by atoms with E-state index in [0.29, 0.717) is 4.47 Å². The number of anilines is 1. The first-order chi connectivity index (χ1) is 8.66. The average Bonchev–Trinajstić information content (AvgIpc) is 2.27. The molecule has 1 rings (SSSR count). The van der Waals surface area contributed by atoms with Gasteiger partial charge in [0.2, 0.25) is 15.9 Å². The molecular weight excluding hydrogens is 334 g/mol. The predicted octanol–water partition coefficient (Wildman–Crippen LogP) is 0.740. The Morgan fingerprint density at radius 3 is 2.37 bits per heavy atom. The second-order valence-corrected chi connectivity index (χ2v) is 7.16. The van der Waals surface area contributed by atoms with Gasteiger partial charge in [0.15, 0.2) is 0 Å². The quantitative estimate of drug-likeness (QED) is 0.812. The van der Waals surface area contributed by atoms with Crippen LogP contribution in [0.25, 0.3) is 0 Å². The summed E-state index contributed by atoms with van der Waals surface area (Å²) in [5, 5.41) is 0. The number of benzene rings is 1. The molecule has 0 heterocycles. The van der Waals surface area contributed by atoms with E-state index in [0.717, 1.165) is 4.31 Å². The predicted molar refractivity (Wildman–Crippen MR) is 77.1 cm³/mol. The van der Waals surface area contributed by atoms with E-state index in [9.17, 15) is 13.2 Å². The minimum absolute atomic E-state index is 0.00949. The molecule has 0 saturated heterocycles. The number of halogens is 1. The Hall–Kier alpha value is -1.12. The number of carbonyl (C=O) groups excluding carboxylic acids is 1. The number of nitrogens with two attached hydrogens (primary N) is 1. The van der Waals surface area contributed by atoms with Crippen molar-refractivity contribution in [3.63, 3.8) is 0 Å². The number of nitrogen functional groups attached to an aromatic ring is 1. The molecular formula is C11H16BrN3O3S. The molecule has 1 amide bonds. The van der Waals surface area contributed by atoms with Crippen LogP contribution in [-0.2, 0) is 14.8 Å². The maximum Gasteiger partial charge on any atom is 0.245 e. The summed E-state index contributed by atoms with van der Waals surface area (Å²) in [7, 11) is 0.703. The van der Waals surface area contributed by atoms with Gasteiger partial charge >= 0.3 is 0 Å². The Morgan fingerprint density at radius 1 is 1.32 bits per heavy atom. The van der Waals surface area contributed by atoms with Crippen LogP contribution in [0.5, 0.6) is 0 Å². The van der Waals surface area contributed by atoms with Crippen LogP contribution in [-0.4, -0.2) is 51.2 Å². The number of rotatable bonds is 4. The van der Waals surface area contributed by atoms with Gasteiger partial charge in [-0.25, -0.2) is 8.42 Å². The molecule has 0 unspecified atom stereocenters. The molecule has 1 aromatic rings. The molecule has 2 N–H and O–H groups in total. The van der Waals surface area contributed by atoms with E-state index in [1.807, 2.05) is 0 Å². The van der Waals surface area contributed by atoms with Crippen molar-refractivity contribution in [2.75, 3.05) is 33.4 Å². The first-order valence-corrected chi connectivity index (χ1v) is 7.61. The lowest BCUT2D eigenvalue weighted by atomic mass is 10.3. The monoisotopic (exact) mass is 349 g/mol. The number of amides is 1. The summed E-state index contributed by atoms with van der Waals surface area (Å²) in [6.45, 7) is -0.231. The van der Waals surface area contributed by atoms with Crippen LogP contribution in [0.1, 0.15) is 0 Å². The molecule has 0 spiro atoms. The van der Waals surface area contributed by atoms with E-state index >= 15 is 0 Å². The number of hydrogen-bond donors (Lipinski definition) is 1. The van der Waals surface area contributed by atoms with Crippen molar-refractivity contribution >= 4 is 37.5 Å². The Bertz CT molecular complexity index is 587. The van der Waals surface area contributed by atoms with E-state index in [1.165, 1.54) is 24.1 Å². The Labute approximate surface area is 121 Å². The Balaban J connectivity index is 3.07. The van der Waals surface area contributed by atoms with Gasteiger partial charge in [0.05, 0.1) is 12.2 Å². The highest BCUT2D eigenvalue weighted by atomic mass is 79.9. The van der Waals surface area contributed by atoms with Crippen LogP contribution in [0, 0.1) is 0 Å². The molecule has 1 aromatic carbocycles. The zero-order valence-electron chi connectivity index (χ0n) is 10.9. The molecule has 0 aliphatic carbocycles. The van der Waals surface area contributed by atoms with Crippen molar-refractivity contribution < 1.29 is 13.2 Å². The van der Waals surface area contributed by atoms with Crippen molar-refractivity contribution in [2.24, 2.45) is 0 Å². The fourth-order valence-electron chi connectivity index (χ4n) is 1.34. The molecule has 0 atom stereocenters. The summed E-state index contributed by atoms with van der Waals surface area (Å²) >= 11 is 3.21. The van der Waals surface area contributed by atoms with Crippen molar-refractivity contribution in [3.8, 4) is 0 Å². The van der Waals surface area contributed by atoms with Gasteiger partial charge in [-0.2, -0.15) is 4.31 Å². The highest BCUT2D eigenvalue weighted by Crippen LogP contribution is 2.24. The maximum atomic E-state index is 12.3. The number of hydrogen-bond acceptors (Lipinski definition) is 4. The molecule has 106 valence electrons. The summed E-state index contributed by atoms with van der Waals surface area (Å²) in [6.07, 6.45) is 0. The first kappa shape index (κ1) is 15.9. The van der Waals surface area contributed by atoms with Crippen LogP contribution >= 0.6 is 15.9 Å². The smallest absolute Gasteiger partial charge is 0.245 e. The summed E-state index contributed by atoms with van der Waals surface area (Å²) in [5.41, 5.74) is 5.84. The highest BCUT2D eigenvalue weighted by Gasteiger charge is 2.25. The topological polar surface area (TPSA) is 83.7 Å². The third-order valence-electron chi connectivity index (χ3n) is 2.52. The minimum Gasteiger partial charge on any atom is -0.398 e. The molecule has 8 heteroatoms. The number of nitrogens with zero attached hydrogens (tertiary/aromatic N) is 2. The van der Waals surface area contributed by atoms with Gasteiger partial charge in [-0.3, -0.25) is 4.79 Å². The summed E-state index contributed by atoms with van der Waals surface area (Å²) in [6, 6.07) is 4.50. The van der Waals surface area contributed by atoms with Crippen molar-refractivity contribution in [2.45, 2.75) is 4.90 Å². The number of carbonyl (C=O) groups is 1. The lowest BCUT2D eigenvalue weighted by Crippen LogP contribution is -2.37. The fraction of sp³-hybridized carbons (Fsp3) is 0.364. The molecule has 0 fully saturated rings. The van der Waals surface area contributed by atoms with Crippen LogP contribution in [0.2, 0.25) is 0 Å². The summed E-state index contributed by atoms with van der Waals surface area (Å²) < 4.78 is 26.2. The Kier molecular flexibility index (Phi) is 4.94. The molecule has 0 radical (unpaired) electrons. The van der Waals surface area contributed by atoms with Crippen molar-refractivity contribution in [1.29, 1.82) is 0 Å². The largest absolute Gasteiger partial charge is 0.398 e. The van der Waals surface area contributed by atoms with E-state index in [4.69, 9.17) is 5.73 Å². The van der Waals surface area contributed by atoms with E-state index < -0.39 is 10.0 Å². The van der Waals surface area contributed by atoms with Crippen molar-refractivity contribution in [1.82, 2.24) is 9.21 Å². The van der Waals surface area contributed by atoms with Gasteiger partial charge < -0.3 is 10.6 Å². The average molecular weight is 350 g/mol. The van der Waals surface area contributed by atoms with Gasteiger partial charge in [0.1, 0.15) is 4.90 Å². The molecule has 19 heavy (non-hydrogen) atoms. The maximum absolute atomic E-state index is 12.3. The Morgan fingerprint density at radius 2 is 1.89 bits per heavy atom. The zero-order valence-corrected chi connectivity index (χ0v) is 13.3. The second-order valence-electron chi connectivity index (χ2n) is 4.23. The second kappa shape index (κ2) is 5.89. The summed E-state index contributed by atoms with van der Waals surface area (Å²) in [5.74, 6) is -0.304. The highest BCUT2D eigenvalue weighted by molar-refractivity contribution is 9.10. The minimum atomic E-state index is -3.77. The van der Waals surface area contributed by atoms with Crippen LogP contribution in [0.3, 0.4) is 0 Å². The van der Waals surface area contributed by atoms with E-state index in [1.54, 1.807) is 20.2 Å². The SMILES string of the molecule is CN(C)C(=O)CN(C)S(=O)(=O)c1ccc(Br)cc1N. The van der Waals surface area contributed by atoms with Crippen LogP contribution in [0.4, 0.5) is 5.69 Å². The standard InChI is InChI=1S/C11H16BrN3O3S/c1-14(2)11(16)7-15(3)19(17,18)10-5-4-8(12)6-9(10)13/h4-6H,7,13H2,1-3H3. The molecule has 0 aliphatic heterocycles. The molecule has 0 aliphatic rings.